The summed E-state index contributed by atoms with van der Waals surface area (Å²) in [5.41, 5.74) is 9.49. The second-order valence-corrected chi connectivity index (χ2v) is 5.15. The topological polar surface area (TPSA) is 50.9 Å². The van der Waals surface area contributed by atoms with Crippen molar-refractivity contribution in [1.82, 2.24) is 4.98 Å². The first-order chi connectivity index (χ1) is 9.24. The van der Waals surface area contributed by atoms with Gasteiger partial charge >= 0.3 is 0 Å². The number of fused-ring (bicyclic) bond motifs is 1. The van der Waals surface area contributed by atoms with Crippen molar-refractivity contribution in [2.24, 2.45) is 0 Å². The van der Waals surface area contributed by atoms with E-state index >= 15 is 0 Å². The van der Waals surface area contributed by atoms with Crippen molar-refractivity contribution in [3.05, 3.63) is 59.2 Å². The molecule has 3 aromatic rings. The molecule has 1 heterocycles. The van der Waals surface area contributed by atoms with Crippen LogP contribution in [0.5, 0.6) is 0 Å². The average Bonchev–Trinajstić information content (AvgIpc) is 2.44. The predicted molar refractivity (Wildman–Crippen MR) is 83.6 cm³/mol. The van der Waals surface area contributed by atoms with E-state index in [-0.39, 0.29) is 0 Å². The Hall–Kier alpha value is -2.07. The summed E-state index contributed by atoms with van der Waals surface area (Å²) in [5.74, 6) is 0. The maximum atomic E-state index is 6.03. The number of hydrogen-bond donors (Lipinski definition) is 2. The van der Waals surface area contributed by atoms with Crippen molar-refractivity contribution >= 4 is 43.9 Å². The van der Waals surface area contributed by atoms with Crippen molar-refractivity contribution < 1.29 is 0 Å². The third-order valence-electron chi connectivity index (χ3n) is 2.92. The summed E-state index contributed by atoms with van der Waals surface area (Å²) in [5, 5.41) is 4.38. The third kappa shape index (κ3) is 2.39. The van der Waals surface area contributed by atoms with Crippen molar-refractivity contribution in [3.63, 3.8) is 0 Å². The molecule has 0 saturated carbocycles. The van der Waals surface area contributed by atoms with Crippen LogP contribution in [0.4, 0.5) is 17.1 Å². The Kier molecular flexibility index (Phi) is 3.09. The van der Waals surface area contributed by atoms with Crippen LogP contribution in [0.25, 0.3) is 10.9 Å². The highest BCUT2D eigenvalue weighted by Gasteiger charge is 2.06. The van der Waals surface area contributed by atoms with E-state index in [9.17, 15) is 0 Å². The van der Waals surface area contributed by atoms with Gasteiger partial charge in [-0.2, -0.15) is 0 Å². The monoisotopic (exact) mass is 313 g/mol. The van der Waals surface area contributed by atoms with Crippen LogP contribution in [0, 0.1) is 0 Å². The lowest BCUT2D eigenvalue weighted by molar-refractivity contribution is 1.40. The first-order valence-corrected chi connectivity index (χ1v) is 6.69. The molecule has 3 N–H and O–H groups in total. The van der Waals surface area contributed by atoms with E-state index in [1.54, 1.807) is 6.20 Å². The van der Waals surface area contributed by atoms with E-state index < -0.39 is 0 Å². The number of nitrogen functional groups attached to an aromatic ring is 1. The summed E-state index contributed by atoms with van der Waals surface area (Å²) >= 11 is 3.42. The van der Waals surface area contributed by atoms with E-state index in [4.69, 9.17) is 5.73 Å². The van der Waals surface area contributed by atoms with Gasteiger partial charge in [-0.15, -0.1) is 0 Å². The fourth-order valence-corrected chi connectivity index (χ4v) is 2.24. The average molecular weight is 314 g/mol. The lowest BCUT2D eigenvalue weighted by Crippen LogP contribution is -1.98. The van der Waals surface area contributed by atoms with Crippen LogP contribution in [0.2, 0.25) is 0 Å². The number of halogens is 1. The molecule has 0 unspecified atom stereocenters. The normalized spacial score (nSPS) is 10.6. The van der Waals surface area contributed by atoms with Crippen LogP contribution in [0.3, 0.4) is 0 Å². The molecule has 3 rings (SSSR count). The summed E-state index contributed by atoms with van der Waals surface area (Å²) in [6.45, 7) is 0. The maximum Gasteiger partial charge on any atom is 0.0746 e. The number of nitrogens with one attached hydrogen (secondary N) is 1. The van der Waals surface area contributed by atoms with Crippen LogP contribution in [0.15, 0.2) is 59.2 Å². The molecule has 2 aromatic carbocycles. The van der Waals surface area contributed by atoms with Gasteiger partial charge in [0.1, 0.15) is 0 Å². The minimum Gasteiger partial charge on any atom is -0.396 e. The van der Waals surface area contributed by atoms with Crippen LogP contribution in [-0.4, -0.2) is 4.98 Å². The maximum absolute atomic E-state index is 6.03. The zero-order valence-electron chi connectivity index (χ0n) is 10.1. The Morgan fingerprint density at radius 1 is 1.00 bits per heavy atom. The van der Waals surface area contributed by atoms with Gasteiger partial charge in [-0.25, -0.2) is 0 Å². The van der Waals surface area contributed by atoms with E-state index in [1.807, 2.05) is 48.5 Å². The summed E-state index contributed by atoms with van der Waals surface area (Å²) in [4.78, 5) is 4.32. The number of hydrogen-bond acceptors (Lipinski definition) is 3. The van der Waals surface area contributed by atoms with Crippen LogP contribution < -0.4 is 11.1 Å². The smallest absolute Gasteiger partial charge is 0.0746 e. The molecular formula is C15H12BrN3. The number of pyridine rings is 1. The van der Waals surface area contributed by atoms with Gasteiger partial charge in [-0.1, -0.05) is 34.1 Å². The Bertz CT molecular complexity index is 723. The lowest BCUT2D eigenvalue weighted by atomic mass is 10.1. The summed E-state index contributed by atoms with van der Waals surface area (Å²) in [6, 6.07) is 15.9. The van der Waals surface area contributed by atoms with Gasteiger partial charge in [0.2, 0.25) is 0 Å². The van der Waals surface area contributed by atoms with Gasteiger partial charge in [-0.3, -0.25) is 4.98 Å². The van der Waals surface area contributed by atoms with Gasteiger partial charge in [-0.05, 0) is 30.3 Å². The highest BCUT2D eigenvalue weighted by atomic mass is 79.9. The molecule has 0 aliphatic carbocycles. The Morgan fingerprint density at radius 3 is 2.53 bits per heavy atom. The SMILES string of the molecule is Nc1cnc2ccccc2c1Nc1ccc(Br)cc1. The molecule has 0 bridgehead atoms. The number of rotatable bonds is 2. The second kappa shape index (κ2) is 4.90. The van der Waals surface area contributed by atoms with Gasteiger partial charge < -0.3 is 11.1 Å². The summed E-state index contributed by atoms with van der Waals surface area (Å²) in [7, 11) is 0. The van der Waals surface area contributed by atoms with E-state index in [1.165, 1.54) is 0 Å². The molecule has 0 aliphatic rings. The zero-order chi connectivity index (χ0) is 13.2. The van der Waals surface area contributed by atoms with Crippen LogP contribution >= 0.6 is 15.9 Å². The molecule has 0 spiro atoms. The highest BCUT2D eigenvalue weighted by Crippen LogP contribution is 2.30. The summed E-state index contributed by atoms with van der Waals surface area (Å²) in [6.07, 6.45) is 1.68. The van der Waals surface area contributed by atoms with Gasteiger partial charge in [0.25, 0.3) is 0 Å². The highest BCUT2D eigenvalue weighted by molar-refractivity contribution is 9.10. The van der Waals surface area contributed by atoms with Crippen LogP contribution in [-0.2, 0) is 0 Å². The molecule has 0 amide bonds. The van der Waals surface area contributed by atoms with Crippen LogP contribution in [0.1, 0.15) is 0 Å². The number of benzene rings is 2. The molecule has 4 heteroatoms. The molecule has 1 aromatic heterocycles. The van der Waals surface area contributed by atoms with Gasteiger partial charge in [0.15, 0.2) is 0 Å². The first-order valence-electron chi connectivity index (χ1n) is 5.90. The van der Waals surface area contributed by atoms with Crippen molar-refractivity contribution in [2.45, 2.75) is 0 Å². The van der Waals surface area contributed by atoms with Gasteiger partial charge in [0.05, 0.1) is 23.1 Å². The number of anilines is 3. The van der Waals surface area contributed by atoms with Crippen molar-refractivity contribution in [1.29, 1.82) is 0 Å². The first kappa shape index (κ1) is 12.0. The molecule has 0 fully saturated rings. The molecule has 3 nitrogen and oxygen atoms in total. The largest absolute Gasteiger partial charge is 0.396 e. The number of nitrogens with two attached hydrogens (primary N) is 1. The predicted octanol–water partition coefficient (Wildman–Crippen LogP) is 4.32. The number of nitrogens with zero attached hydrogens (tertiary/aromatic N) is 1. The molecular weight excluding hydrogens is 302 g/mol. The quantitative estimate of drug-likeness (QED) is 0.740. The standard InChI is InChI=1S/C15H12BrN3/c16-10-5-7-11(8-6-10)19-15-12-3-1-2-4-14(12)18-9-13(15)17/h1-9H,17H2,(H,18,19). The van der Waals surface area contributed by atoms with Crippen molar-refractivity contribution in [3.8, 4) is 0 Å². The minimum absolute atomic E-state index is 0.640. The van der Waals surface area contributed by atoms with E-state index in [0.29, 0.717) is 5.69 Å². The lowest BCUT2D eigenvalue weighted by Gasteiger charge is -2.12. The Morgan fingerprint density at radius 2 is 1.74 bits per heavy atom. The molecule has 94 valence electrons. The molecule has 0 radical (unpaired) electrons. The fourth-order valence-electron chi connectivity index (χ4n) is 1.97. The van der Waals surface area contributed by atoms with E-state index in [2.05, 4.69) is 26.2 Å². The molecule has 0 atom stereocenters. The molecule has 0 aliphatic heterocycles. The molecule has 0 saturated heterocycles. The Labute approximate surface area is 119 Å². The number of para-hydroxylation sites is 1. The zero-order valence-corrected chi connectivity index (χ0v) is 11.7. The number of aromatic nitrogens is 1. The second-order valence-electron chi connectivity index (χ2n) is 4.24. The third-order valence-corrected chi connectivity index (χ3v) is 3.45. The fraction of sp³-hybridized carbons (Fsp3) is 0. The van der Waals surface area contributed by atoms with E-state index in [0.717, 1.165) is 26.8 Å². The molecule has 19 heavy (non-hydrogen) atoms. The minimum atomic E-state index is 0.640. The van der Waals surface area contributed by atoms with Crippen molar-refractivity contribution in [2.75, 3.05) is 11.1 Å². The Balaban J connectivity index is 2.09. The van der Waals surface area contributed by atoms with Gasteiger partial charge in [0, 0.05) is 15.5 Å². The summed E-state index contributed by atoms with van der Waals surface area (Å²) < 4.78 is 1.05.